The molecule has 1 aromatic rings. The molecule has 18 heavy (non-hydrogen) atoms. The third kappa shape index (κ3) is 1.85. The van der Waals surface area contributed by atoms with E-state index in [1.165, 1.54) is 13.2 Å². The molecule has 5 nitrogen and oxygen atoms in total. The largest absolute Gasteiger partial charge is 0.490 e. The smallest absolute Gasteiger partial charge is 0.311 e. The second kappa shape index (κ2) is 4.40. The molecule has 0 heterocycles. The number of benzene rings is 1. The van der Waals surface area contributed by atoms with Crippen molar-refractivity contribution >= 4 is 12.0 Å². The van der Waals surface area contributed by atoms with Gasteiger partial charge in [0.2, 0.25) is 5.75 Å². The molecule has 1 aliphatic carbocycles. The number of carbonyl (C=O) groups excluding carboxylic acids is 1. The molecule has 1 fully saturated rings. The summed E-state index contributed by atoms with van der Waals surface area (Å²) in [5.74, 6) is 0.0432. The van der Waals surface area contributed by atoms with E-state index in [2.05, 4.69) is 6.92 Å². The summed E-state index contributed by atoms with van der Waals surface area (Å²) in [6.45, 7) is 2.07. The zero-order valence-electron chi connectivity index (χ0n) is 10.4. The van der Waals surface area contributed by atoms with Crippen molar-refractivity contribution < 1.29 is 14.5 Å². The van der Waals surface area contributed by atoms with E-state index < -0.39 is 4.92 Å². The van der Waals surface area contributed by atoms with Crippen LogP contribution in [0.4, 0.5) is 5.69 Å². The van der Waals surface area contributed by atoms with Gasteiger partial charge in [-0.25, -0.2) is 0 Å². The number of hydrogen-bond acceptors (Lipinski definition) is 4. The summed E-state index contributed by atoms with van der Waals surface area (Å²) in [4.78, 5) is 21.6. The van der Waals surface area contributed by atoms with Crippen LogP contribution in [-0.2, 0) is 5.41 Å². The maximum atomic E-state index is 11.0. The monoisotopic (exact) mass is 249 g/mol. The van der Waals surface area contributed by atoms with Gasteiger partial charge >= 0.3 is 5.69 Å². The molecular formula is C13H15NO4. The van der Waals surface area contributed by atoms with Gasteiger partial charge in [-0.3, -0.25) is 14.9 Å². The molecule has 1 aliphatic rings. The fourth-order valence-electron chi connectivity index (χ4n) is 2.43. The molecule has 0 saturated heterocycles. The summed E-state index contributed by atoms with van der Waals surface area (Å²) >= 11 is 0. The Morgan fingerprint density at radius 3 is 2.50 bits per heavy atom. The summed E-state index contributed by atoms with van der Waals surface area (Å²) < 4.78 is 4.98. The second-order valence-electron chi connectivity index (χ2n) is 4.91. The first kappa shape index (κ1) is 12.5. The molecule has 1 saturated carbocycles. The van der Waals surface area contributed by atoms with Crippen molar-refractivity contribution in [2.45, 2.75) is 31.6 Å². The summed E-state index contributed by atoms with van der Waals surface area (Å²) in [7, 11) is 1.33. The first-order valence-corrected chi connectivity index (χ1v) is 5.84. The molecule has 1 aromatic carbocycles. The van der Waals surface area contributed by atoms with Crippen LogP contribution >= 0.6 is 0 Å². The van der Waals surface area contributed by atoms with Crippen LogP contribution in [0.5, 0.6) is 5.75 Å². The summed E-state index contributed by atoms with van der Waals surface area (Å²) in [6.07, 6.45) is 3.72. The zero-order chi connectivity index (χ0) is 13.3. The number of nitro groups is 1. The third-order valence-electron chi connectivity index (χ3n) is 3.78. The maximum absolute atomic E-state index is 11.0. The normalized spacial score (nSPS) is 16.8. The third-order valence-corrected chi connectivity index (χ3v) is 3.78. The molecule has 2 rings (SSSR count). The number of aldehydes is 1. The molecule has 0 unspecified atom stereocenters. The van der Waals surface area contributed by atoms with Gasteiger partial charge in [0.25, 0.3) is 0 Å². The lowest BCUT2D eigenvalue weighted by molar-refractivity contribution is -0.385. The molecule has 0 aliphatic heterocycles. The topological polar surface area (TPSA) is 69.4 Å². The van der Waals surface area contributed by atoms with E-state index in [1.54, 1.807) is 6.07 Å². The average molecular weight is 249 g/mol. The lowest BCUT2D eigenvalue weighted by atomic mass is 9.66. The van der Waals surface area contributed by atoms with Crippen molar-refractivity contribution in [3.63, 3.8) is 0 Å². The average Bonchev–Trinajstić information content (AvgIpc) is 2.33. The second-order valence-corrected chi connectivity index (χ2v) is 4.91. The Morgan fingerprint density at radius 2 is 2.11 bits per heavy atom. The standard InChI is InChI=1S/C13H15NO4/c1-13(4-3-5-13)10-6-9(8-15)12(18-2)11(7-10)14(16)17/h6-8H,3-5H2,1-2H3. The Balaban J connectivity index is 2.60. The van der Waals surface area contributed by atoms with Crippen LogP contribution in [0.1, 0.15) is 42.1 Å². The summed E-state index contributed by atoms with van der Waals surface area (Å²) in [6, 6.07) is 3.24. The van der Waals surface area contributed by atoms with Crippen LogP contribution in [0.3, 0.4) is 0 Å². The fraction of sp³-hybridized carbons (Fsp3) is 0.462. The number of hydrogen-bond donors (Lipinski definition) is 0. The molecule has 5 heteroatoms. The summed E-state index contributed by atoms with van der Waals surface area (Å²) in [5.41, 5.74) is 0.915. The molecule has 96 valence electrons. The highest BCUT2D eigenvalue weighted by Crippen LogP contribution is 2.46. The lowest BCUT2D eigenvalue weighted by Crippen LogP contribution is -2.30. The van der Waals surface area contributed by atoms with Crippen LogP contribution in [0.25, 0.3) is 0 Å². The van der Waals surface area contributed by atoms with Gasteiger partial charge in [-0.15, -0.1) is 0 Å². The van der Waals surface area contributed by atoms with Crippen LogP contribution in [-0.4, -0.2) is 18.3 Å². The molecular weight excluding hydrogens is 234 g/mol. The highest BCUT2D eigenvalue weighted by molar-refractivity contribution is 5.83. The highest BCUT2D eigenvalue weighted by atomic mass is 16.6. The van der Waals surface area contributed by atoms with Gasteiger partial charge < -0.3 is 4.74 Å². The molecule has 0 atom stereocenters. The van der Waals surface area contributed by atoms with E-state index in [1.807, 2.05) is 0 Å². The van der Waals surface area contributed by atoms with Crippen molar-refractivity contribution in [2.75, 3.05) is 7.11 Å². The Bertz CT molecular complexity index is 506. The Morgan fingerprint density at radius 1 is 1.44 bits per heavy atom. The molecule has 0 amide bonds. The quantitative estimate of drug-likeness (QED) is 0.467. The minimum absolute atomic E-state index is 0.0432. The van der Waals surface area contributed by atoms with Crippen LogP contribution in [0, 0.1) is 10.1 Å². The fourth-order valence-corrected chi connectivity index (χ4v) is 2.43. The Kier molecular flexibility index (Phi) is 3.07. The number of ether oxygens (including phenoxy) is 1. The molecule has 0 aromatic heterocycles. The summed E-state index contributed by atoms with van der Waals surface area (Å²) in [5, 5.41) is 11.0. The Labute approximate surface area is 105 Å². The molecule has 0 spiro atoms. The SMILES string of the molecule is COc1c(C=O)cc(C2(C)CCC2)cc1[N+](=O)[O-]. The van der Waals surface area contributed by atoms with Crippen molar-refractivity contribution in [1.29, 1.82) is 0 Å². The maximum Gasteiger partial charge on any atom is 0.311 e. The zero-order valence-corrected chi connectivity index (χ0v) is 10.4. The van der Waals surface area contributed by atoms with Gasteiger partial charge in [-0.05, 0) is 29.9 Å². The predicted molar refractivity (Wildman–Crippen MR) is 66.2 cm³/mol. The van der Waals surface area contributed by atoms with E-state index in [9.17, 15) is 14.9 Å². The van der Waals surface area contributed by atoms with Gasteiger partial charge in [-0.2, -0.15) is 0 Å². The first-order valence-electron chi connectivity index (χ1n) is 5.84. The lowest BCUT2D eigenvalue weighted by Gasteiger charge is -2.39. The highest BCUT2D eigenvalue weighted by Gasteiger charge is 2.36. The van der Waals surface area contributed by atoms with Crippen LogP contribution < -0.4 is 4.74 Å². The van der Waals surface area contributed by atoms with Crippen molar-refractivity contribution in [1.82, 2.24) is 0 Å². The van der Waals surface area contributed by atoms with E-state index in [0.29, 0.717) is 6.29 Å². The van der Waals surface area contributed by atoms with Gasteiger partial charge in [0, 0.05) is 6.07 Å². The predicted octanol–water partition coefficient (Wildman–Crippen LogP) is 2.86. The van der Waals surface area contributed by atoms with Crippen LogP contribution in [0.15, 0.2) is 12.1 Å². The first-order chi connectivity index (χ1) is 8.51. The van der Waals surface area contributed by atoms with Crippen molar-refractivity contribution in [3.8, 4) is 5.75 Å². The van der Waals surface area contributed by atoms with Crippen molar-refractivity contribution in [2.24, 2.45) is 0 Å². The molecule has 0 N–H and O–H groups in total. The van der Waals surface area contributed by atoms with E-state index in [4.69, 9.17) is 4.74 Å². The number of carbonyl (C=O) groups is 1. The van der Waals surface area contributed by atoms with Gasteiger partial charge in [0.15, 0.2) is 6.29 Å². The van der Waals surface area contributed by atoms with Gasteiger partial charge in [-0.1, -0.05) is 13.3 Å². The number of rotatable bonds is 4. The van der Waals surface area contributed by atoms with Crippen molar-refractivity contribution in [3.05, 3.63) is 33.4 Å². The van der Waals surface area contributed by atoms with E-state index >= 15 is 0 Å². The minimum Gasteiger partial charge on any atom is -0.490 e. The van der Waals surface area contributed by atoms with Gasteiger partial charge in [0.1, 0.15) is 0 Å². The van der Waals surface area contributed by atoms with E-state index in [-0.39, 0.29) is 22.4 Å². The molecule has 0 bridgehead atoms. The number of methoxy groups -OCH3 is 1. The van der Waals surface area contributed by atoms with Gasteiger partial charge in [0.05, 0.1) is 17.6 Å². The number of nitrogens with zero attached hydrogens (tertiary/aromatic N) is 1. The van der Waals surface area contributed by atoms with Crippen LogP contribution in [0.2, 0.25) is 0 Å². The Hall–Kier alpha value is -1.91. The minimum atomic E-state index is -0.503. The van der Waals surface area contributed by atoms with E-state index in [0.717, 1.165) is 24.8 Å². The number of nitro benzene ring substituents is 1. The molecule has 0 radical (unpaired) electrons.